The Labute approximate surface area is 199 Å². The number of aliphatic carboxylic acids is 1. The van der Waals surface area contributed by atoms with Gasteiger partial charge in [0.15, 0.2) is 6.04 Å². The summed E-state index contributed by atoms with van der Waals surface area (Å²) in [6, 6.07) is 14.4. The number of hydrogen-bond donors (Lipinski definition) is 3. The Hall–Kier alpha value is -3.39. The molecule has 34 heavy (non-hydrogen) atoms. The summed E-state index contributed by atoms with van der Waals surface area (Å²) in [6.45, 7) is 7.01. The molecule has 0 heterocycles. The van der Waals surface area contributed by atoms with Crippen molar-refractivity contribution in [1.82, 2.24) is 10.4 Å². The van der Waals surface area contributed by atoms with Gasteiger partial charge in [-0.25, -0.2) is 14.7 Å². The Morgan fingerprint density at radius 2 is 1.56 bits per heavy atom. The Morgan fingerprint density at radius 1 is 1.03 bits per heavy atom. The monoisotopic (exact) mass is 468 g/mol. The van der Waals surface area contributed by atoms with Crippen LogP contribution in [-0.4, -0.2) is 52.5 Å². The molecular formula is C26H32N2O6. The van der Waals surface area contributed by atoms with Gasteiger partial charge in [-0.1, -0.05) is 76.2 Å². The summed E-state index contributed by atoms with van der Waals surface area (Å²) in [4.78, 5) is 36.4. The summed E-state index contributed by atoms with van der Waals surface area (Å²) in [7, 11) is 0. The second-order valence-electron chi connectivity index (χ2n) is 9.94. The quantitative estimate of drug-likeness (QED) is 0.394. The van der Waals surface area contributed by atoms with E-state index in [9.17, 15) is 24.7 Å². The van der Waals surface area contributed by atoms with Crippen molar-refractivity contribution in [3.63, 3.8) is 0 Å². The first-order valence-electron chi connectivity index (χ1n) is 11.3. The van der Waals surface area contributed by atoms with Crippen LogP contribution in [0.15, 0.2) is 48.5 Å². The molecule has 0 aromatic heterocycles. The number of carboxylic acid groups (broad SMARTS) is 1. The maximum Gasteiger partial charge on any atom is 0.407 e. The number of nitrogens with one attached hydrogen (secondary N) is 1. The summed E-state index contributed by atoms with van der Waals surface area (Å²) < 4.78 is 5.37. The highest BCUT2D eigenvalue weighted by Gasteiger charge is 2.36. The number of carbonyl (C=O) groups is 3. The van der Waals surface area contributed by atoms with Crippen LogP contribution in [0.25, 0.3) is 11.1 Å². The van der Waals surface area contributed by atoms with Gasteiger partial charge in [0, 0.05) is 5.92 Å². The van der Waals surface area contributed by atoms with Gasteiger partial charge in [-0.15, -0.1) is 0 Å². The van der Waals surface area contributed by atoms with Gasteiger partial charge in [-0.3, -0.25) is 10.0 Å². The Bertz CT molecular complexity index is 1020. The number of carboxylic acids is 1. The van der Waals surface area contributed by atoms with Crippen LogP contribution in [0.2, 0.25) is 0 Å². The average Bonchev–Trinajstić information content (AvgIpc) is 3.08. The molecular weight excluding hydrogens is 436 g/mol. The van der Waals surface area contributed by atoms with Crippen LogP contribution < -0.4 is 5.32 Å². The minimum Gasteiger partial charge on any atom is -0.480 e. The predicted octanol–water partition coefficient (Wildman–Crippen LogP) is 4.27. The summed E-state index contributed by atoms with van der Waals surface area (Å²) in [5.74, 6) is -2.87. The number of hydroxylamine groups is 2. The van der Waals surface area contributed by atoms with E-state index in [4.69, 9.17) is 4.74 Å². The molecule has 3 rings (SSSR count). The number of amides is 2. The van der Waals surface area contributed by atoms with E-state index < -0.39 is 36.5 Å². The van der Waals surface area contributed by atoms with E-state index in [-0.39, 0.29) is 23.0 Å². The van der Waals surface area contributed by atoms with E-state index in [1.807, 2.05) is 69.3 Å². The summed E-state index contributed by atoms with van der Waals surface area (Å²) in [6.07, 6.45) is -0.341. The van der Waals surface area contributed by atoms with Gasteiger partial charge in [0.05, 0.1) is 0 Å². The second kappa shape index (κ2) is 10.3. The Morgan fingerprint density at radius 3 is 2.06 bits per heavy atom. The number of carbonyl (C=O) groups excluding carboxylic acids is 2. The molecule has 0 aliphatic heterocycles. The van der Waals surface area contributed by atoms with Crippen molar-refractivity contribution >= 4 is 18.0 Å². The van der Waals surface area contributed by atoms with Crippen LogP contribution in [0.1, 0.15) is 51.2 Å². The first-order valence-corrected chi connectivity index (χ1v) is 11.3. The minimum atomic E-state index is -1.42. The topological polar surface area (TPSA) is 116 Å². The second-order valence-corrected chi connectivity index (χ2v) is 9.94. The van der Waals surface area contributed by atoms with Crippen molar-refractivity contribution in [2.45, 2.75) is 46.1 Å². The van der Waals surface area contributed by atoms with Gasteiger partial charge < -0.3 is 15.2 Å². The van der Waals surface area contributed by atoms with E-state index in [1.165, 1.54) is 0 Å². The predicted molar refractivity (Wildman–Crippen MR) is 126 cm³/mol. The fourth-order valence-electron chi connectivity index (χ4n) is 4.70. The average molecular weight is 469 g/mol. The molecule has 2 unspecified atom stereocenters. The van der Waals surface area contributed by atoms with Gasteiger partial charge >= 0.3 is 12.1 Å². The Balaban J connectivity index is 1.57. The van der Waals surface area contributed by atoms with E-state index in [1.54, 1.807) is 6.92 Å². The number of rotatable bonds is 8. The lowest BCUT2D eigenvalue weighted by atomic mass is 9.82. The number of nitrogens with zero attached hydrogens (tertiary/aromatic N) is 1. The molecule has 0 bridgehead atoms. The van der Waals surface area contributed by atoms with Crippen LogP contribution in [0, 0.1) is 11.3 Å². The molecule has 0 radical (unpaired) electrons. The number of benzene rings is 2. The van der Waals surface area contributed by atoms with Crippen molar-refractivity contribution in [2.24, 2.45) is 11.3 Å². The highest BCUT2D eigenvalue weighted by atomic mass is 16.5. The van der Waals surface area contributed by atoms with E-state index >= 15 is 0 Å². The van der Waals surface area contributed by atoms with Gasteiger partial charge in [0.25, 0.3) is 5.91 Å². The maximum atomic E-state index is 12.4. The lowest BCUT2D eigenvalue weighted by molar-refractivity contribution is -0.190. The maximum absolute atomic E-state index is 12.4. The summed E-state index contributed by atoms with van der Waals surface area (Å²) in [5, 5.41) is 22.3. The van der Waals surface area contributed by atoms with Gasteiger partial charge in [-0.2, -0.15) is 0 Å². The molecule has 0 spiro atoms. The van der Waals surface area contributed by atoms with Crippen molar-refractivity contribution in [1.29, 1.82) is 0 Å². The Kier molecular flexibility index (Phi) is 7.61. The molecule has 182 valence electrons. The third-order valence-corrected chi connectivity index (χ3v) is 5.97. The van der Waals surface area contributed by atoms with E-state index in [2.05, 4.69) is 5.32 Å². The van der Waals surface area contributed by atoms with Gasteiger partial charge in [-0.05, 0) is 40.0 Å². The number of ether oxygens (including phenoxy) is 1. The highest BCUT2D eigenvalue weighted by molar-refractivity contribution is 5.86. The zero-order valence-corrected chi connectivity index (χ0v) is 19.9. The molecule has 8 heteroatoms. The normalized spacial score (nSPS) is 14.5. The fraction of sp³-hybridized carbons (Fsp3) is 0.423. The fourth-order valence-corrected chi connectivity index (χ4v) is 4.70. The van der Waals surface area contributed by atoms with Crippen LogP contribution in [-0.2, 0) is 14.3 Å². The van der Waals surface area contributed by atoms with Crippen LogP contribution in [0.5, 0.6) is 0 Å². The molecule has 2 amide bonds. The van der Waals surface area contributed by atoms with Gasteiger partial charge in [0.1, 0.15) is 13.2 Å². The van der Waals surface area contributed by atoms with Crippen LogP contribution >= 0.6 is 0 Å². The largest absolute Gasteiger partial charge is 0.480 e. The first-order chi connectivity index (χ1) is 16.0. The number of fused-ring (bicyclic) bond motifs is 3. The molecule has 8 nitrogen and oxygen atoms in total. The lowest BCUT2D eigenvalue weighted by Gasteiger charge is -2.31. The SMILES string of the molecule is CC(CC(C)(C)C)C(C(=O)O)N(O)C(=O)CNC(=O)OCC1c2ccccc2-c2ccccc21. The third-order valence-electron chi connectivity index (χ3n) is 5.97. The minimum absolute atomic E-state index is 0.0806. The van der Waals surface area contributed by atoms with E-state index in [0.29, 0.717) is 6.42 Å². The van der Waals surface area contributed by atoms with Crippen molar-refractivity contribution < 1.29 is 29.4 Å². The highest BCUT2D eigenvalue weighted by Crippen LogP contribution is 2.44. The van der Waals surface area contributed by atoms with Crippen LogP contribution in [0.4, 0.5) is 4.79 Å². The molecule has 0 saturated heterocycles. The van der Waals surface area contributed by atoms with Crippen molar-refractivity contribution in [3.8, 4) is 11.1 Å². The molecule has 0 fully saturated rings. The number of hydrogen-bond acceptors (Lipinski definition) is 5. The molecule has 0 saturated carbocycles. The zero-order valence-electron chi connectivity index (χ0n) is 19.9. The number of alkyl carbamates (subject to hydrolysis) is 1. The summed E-state index contributed by atoms with van der Waals surface area (Å²) >= 11 is 0. The van der Waals surface area contributed by atoms with Crippen molar-refractivity contribution in [3.05, 3.63) is 59.7 Å². The third kappa shape index (κ3) is 5.75. The standard InChI is InChI=1S/C26H32N2O6/c1-16(13-26(2,3)4)23(24(30)31)28(33)22(29)14-27-25(32)34-15-21-19-11-7-5-9-17(19)18-10-6-8-12-20(18)21/h5-12,16,21,23,33H,13-15H2,1-4H3,(H,27,32)(H,30,31). The molecule has 1 aliphatic carbocycles. The van der Waals surface area contributed by atoms with Gasteiger partial charge in [0.2, 0.25) is 0 Å². The molecule has 2 atom stereocenters. The summed E-state index contributed by atoms with van der Waals surface area (Å²) in [5.41, 5.74) is 4.14. The first kappa shape index (κ1) is 25.2. The lowest BCUT2D eigenvalue weighted by Crippen LogP contribution is -2.50. The van der Waals surface area contributed by atoms with E-state index in [0.717, 1.165) is 22.3 Å². The van der Waals surface area contributed by atoms with Crippen LogP contribution in [0.3, 0.4) is 0 Å². The molecule has 3 N–H and O–H groups in total. The van der Waals surface area contributed by atoms with Crippen molar-refractivity contribution in [2.75, 3.05) is 13.2 Å². The smallest absolute Gasteiger partial charge is 0.407 e. The molecule has 2 aromatic carbocycles. The molecule has 1 aliphatic rings. The zero-order chi connectivity index (χ0) is 25.0. The molecule has 2 aromatic rings.